The van der Waals surface area contributed by atoms with Crippen LogP contribution in [0.25, 0.3) is 0 Å². The lowest BCUT2D eigenvalue weighted by Gasteiger charge is -2.01. The SMILES string of the molecule is CNC(=O)CC(=O)NCCC(=O)O. The van der Waals surface area contributed by atoms with Crippen molar-refractivity contribution >= 4 is 17.8 Å². The Morgan fingerprint density at radius 1 is 1.23 bits per heavy atom. The Morgan fingerprint density at radius 3 is 2.31 bits per heavy atom. The van der Waals surface area contributed by atoms with Gasteiger partial charge in [0.15, 0.2) is 0 Å². The standard InChI is InChI=1S/C7H12N2O4/c1-8-5(10)4-6(11)9-3-2-7(12)13/h2-4H2,1H3,(H,8,10)(H,9,11)(H,12,13). The summed E-state index contributed by atoms with van der Waals surface area (Å²) >= 11 is 0. The van der Waals surface area contributed by atoms with Gasteiger partial charge in [-0.3, -0.25) is 14.4 Å². The van der Waals surface area contributed by atoms with Gasteiger partial charge >= 0.3 is 5.97 Å². The second-order valence-electron chi connectivity index (χ2n) is 2.34. The molecule has 0 heterocycles. The highest BCUT2D eigenvalue weighted by Crippen LogP contribution is 1.81. The minimum absolute atomic E-state index is 0.0468. The van der Waals surface area contributed by atoms with E-state index in [9.17, 15) is 14.4 Å². The fourth-order valence-electron chi connectivity index (χ4n) is 0.606. The van der Waals surface area contributed by atoms with Crippen molar-refractivity contribution in [3.8, 4) is 0 Å². The minimum Gasteiger partial charge on any atom is -0.481 e. The number of carbonyl (C=O) groups excluding carboxylic acids is 2. The molecule has 0 saturated carbocycles. The van der Waals surface area contributed by atoms with E-state index in [1.54, 1.807) is 0 Å². The van der Waals surface area contributed by atoms with Gasteiger partial charge in [-0.2, -0.15) is 0 Å². The van der Waals surface area contributed by atoms with Crippen molar-refractivity contribution in [3.63, 3.8) is 0 Å². The van der Waals surface area contributed by atoms with Crippen LogP contribution in [0.5, 0.6) is 0 Å². The molecule has 0 aromatic carbocycles. The van der Waals surface area contributed by atoms with E-state index >= 15 is 0 Å². The molecule has 0 bridgehead atoms. The molecular formula is C7H12N2O4. The predicted molar refractivity (Wildman–Crippen MR) is 43.9 cm³/mol. The Labute approximate surface area is 75.3 Å². The summed E-state index contributed by atoms with van der Waals surface area (Å²) in [7, 11) is 1.42. The van der Waals surface area contributed by atoms with Crippen molar-refractivity contribution in [2.75, 3.05) is 13.6 Å². The lowest BCUT2D eigenvalue weighted by Crippen LogP contribution is -2.31. The first-order valence-electron chi connectivity index (χ1n) is 3.75. The van der Waals surface area contributed by atoms with Gasteiger partial charge in [-0.05, 0) is 0 Å². The maximum atomic E-state index is 10.8. The highest BCUT2D eigenvalue weighted by molar-refractivity contribution is 5.96. The summed E-state index contributed by atoms with van der Waals surface area (Å²) in [6.45, 7) is 0.0468. The van der Waals surface area contributed by atoms with Gasteiger partial charge in [0.25, 0.3) is 0 Å². The van der Waals surface area contributed by atoms with Gasteiger partial charge in [-0.1, -0.05) is 0 Å². The van der Waals surface area contributed by atoms with Gasteiger partial charge in [0.1, 0.15) is 6.42 Å². The Kier molecular flexibility index (Phi) is 5.25. The fourth-order valence-corrected chi connectivity index (χ4v) is 0.606. The maximum absolute atomic E-state index is 10.8. The lowest BCUT2D eigenvalue weighted by molar-refractivity contribution is -0.136. The number of carbonyl (C=O) groups is 3. The average molecular weight is 188 g/mol. The molecule has 0 saturated heterocycles. The van der Waals surface area contributed by atoms with Gasteiger partial charge in [-0.25, -0.2) is 0 Å². The number of nitrogens with one attached hydrogen (secondary N) is 2. The molecule has 6 nitrogen and oxygen atoms in total. The quantitative estimate of drug-likeness (QED) is 0.468. The maximum Gasteiger partial charge on any atom is 0.305 e. The molecule has 0 rings (SSSR count). The number of rotatable bonds is 5. The summed E-state index contributed by atoms with van der Waals surface area (Å²) < 4.78 is 0. The van der Waals surface area contributed by atoms with Crippen molar-refractivity contribution in [3.05, 3.63) is 0 Å². The van der Waals surface area contributed by atoms with E-state index in [0.29, 0.717) is 0 Å². The third-order valence-electron chi connectivity index (χ3n) is 1.26. The second-order valence-corrected chi connectivity index (χ2v) is 2.34. The molecule has 3 N–H and O–H groups in total. The highest BCUT2D eigenvalue weighted by Gasteiger charge is 2.06. The van der Waals surface area contributed by atoms with Crippen LogP contribution in [-0.4, -0.2) is 36.5 Å². The molecule has 0 unspecified atom stereocenters. The van der Waals surface area contributed by atoms with Gasteiger partial charge in [0.2, 0.25) is 11.8 Å². The monoisotopic (exact) mass is 188 g/mol. The molecule has 0 atom stereocenters. The third kappa shape index (κ3) is 6.79. The van der Waals surface area contributed by atoms with Crippen molar-refractivity contribution < 1.29 is 19.5 Å². The van der Waals surface area contributed by atoms with Gasteiger partial charge in [0, 0.05) is 13.6 Å². The molecule has 13 heavy (non-hydrogen) atoms. The molecule has 0 aliphatic carbocycles. The van der Waals surface area contributed by atoms with Crippen molar-refractivity contribution in [2.24, 2.45) is 0 Å². The first kappa shape index (κ1) is 11.4. The Morgan fingerprint density at radius 2 is 1.85 bits per heavy atom. The summed E-state index contributed by atoms with van der Waals surface area (Å²) in [5, 5.41) is 12.8. The van der Waals surface area contributed by atoms with Gasteiger partial charge in [-0.15, -0.1) is 0 Å². The minimum atomic E-state index is -0.986. The summed E-state index contributed by atoms with van der Waals surface area (Å²) in [5.41, 5.74) is 0. The largest absolute Gasteiger partial charge is 0.481 e. The second kappa shape index (κ2) is 5.99. The lowest BCUT2D eigenvalue weighted by atomic mass is 10.3. The van der Waals surface area contributed by atoms with E-state index in [0.717, 1.165) is 0 Å². The number of amides is 2. The van der Waals surface area contributed by atoms with Crippen molar-refractivity contribution in [1.82, 2.24) is 10.6 Å². The van der Waals surface area contributed by atoms with Crippen LogP contribution in [0, 0.1) is 0 Å². The third-order valence-corrected chi connectivity index (χ3v) is 1.26. The Balaban J connectivity index is 3.52. The van der Waals surface area contributed by atoms with Crippen molar-refractivity contribution in [2.45, 2.75) is 12.8 Å². The van der Waals surface area contributed by atoms with Crippen LogP contribution in [0.3, 0.4) is 0 Å². The molecule has 0 fully saturated rings. The van der Waals surface area contributed by atoms with E-state index in [-0.39, 0.29) is 19.4 Å². The normalized spacial score (nSPS) is 9.00. The molecule has 0 radical (unpaired) electrons. The number of hydrogen-bond donors (Lipinski definition) is 3. The van der Waals surface area contributed by atoms with Crippen LogP contribution in [-0.2, 0) is 14.4 Å². The summed E-state index contributed by atoms with van der Waals surface area (Å²) in [5.74, 6) is -1.85. The summed E-state index contributed by atoms with van der Waals surface area (Å²) in [6.07, 6.45) is -0.407. The molecule has 0 aromatic rings. The van der Waals surface area contributed by atoms with Crippen LogP contribution in [0.1, 0.15) is 12.8 Å². The van der Waals surface area contributed by atoms with Crippen molar-refractivity contribution in [1.29, 1.82) is 0 Å². The van der Waals surface area contributed by atoms with Crippen LogP contribution in [0.15, 0.2) is 0 Å². The van der Waals surface area contributed by atoms with E-state index in [4.69, 9.17) is 5.11 Å². The average Bonchev–Trinajstić information content (AvgIpc) is 2.03. The number of hydrogen-bond acceptors (Lipinski definition) is 3. The smallest absolute Gasteiger partial charge is 0.305 e. The van der Waals surface area contributed by atoms with Gasteiger partial charge in [0.05, 0.1) is 6.42 Å². The Hall–Kier alpha value is -1.59. The van der Waals surface area contributed by atoms with E-state index in [1.807, 2.05) is 0 Å². The fraction of sp³-hybridized carbons (Fsp3) is 0.571. The zero-order valence-electron chi connectivity index (χ0n) is 7.29. The van der Waals surface area contributed by atoms with Crippen LogP contribution < -0.4 is 10.6 Å². The van der Waals surface area contributed by atoms with Crippen LogP contribution in [0.4, 0.5) is 0 Å². The first-order valence-corrected chi connectivity index (χ1v) is 3.75. The number of aliphatic carboxylic acids is 1. The first-order chi connectivity index (χ1) is 6.06. The van der Waals surface area contributed by atoms with Gasteiger partial charge < -0.3 is 15.7 Å². The highest BCUT2D eigenvalue weighted by atomic mass is 16.4. The molecule has 0 aliphatic heterocycles. The van der Waals surface area contributed by atoms with E-state index < -0.39 is 17.8 Å². The van der Waals surface area contributed by atoms with Crippen LogP contribution in [0.2, 0.25) is 0 Å². The summed E-state index contributed by atoms with van der Waals surface area (Å²) in [4.78, 5) is 31.5. The van der Waals surface area contributed by atoms with E-state index in [1.165, 1.54) is 7.05 Å². The molecular weight excluding hydrogens is 176 g/mol. The number of carboxylic acids is 1. The zero-order chi connectivity index (χ0) is 10.3. The molecule has 0 aromatic heterocycles. The predicted octanol–water partition coefficient (Wildman–Crippen LogP) is -1.29. The topological polar surface area (TPSA) is 95.5 Å². The van der Waals surface area contributed by atoms with E-state index in [2.05, 4.69) is 10.6 Å². The van der Waals surface area contributed by atoms with Crippen LogP contribution >= 0.6 is 0 Å². The number of carboxylic acid groups (broad SMARTS) is 1. The molecule has 2 amide bonds. The summed E-state index contributed by atoms with van der Waals surface area (Å²) in [6, 6.07) is 0. The Bertz CT molecular complexity index is 215. The molecule has 6 heteroatoms. The molecule has 0 aliphatic rings. The molecule has 74 valence electrons. The molecule has 0 spiro atoms. The zero-order valence-corrected chi connectivity index (χ0v) is 7.29.